The van der Waals surface area contributed by atoms with Crippen molar-refractivity contribution in [3.63, 3.8) is 0 Å². The van der Waals surface area contributed by atoms with Gasteiger partial charge in [0.25, 0.3) is 0 Å². The lowest BCUT2D eigenvalue weighted by atomic mass is 10.3. The number of aromatic nitrogens is 4. The zero-order valence-corrected chi connectivity index (χ0v) is 12.9. The first kappa shape index (κ1) is 13.7. The first-order valence-corrected chi connectivity index (χ1v) is 7.97. The molecule has 0 N–H and O–H groups in total. The van der Waals surface area contributed by atoms with E-state index in [-0.39, 0.29) is 6.10 Å². The molecule has 2 aromatic rings. The van der Waals surface area contributed by atoms with E-state index in [1.54, 1.807) is 12.4 Å². The molecule has 1 saturated carbocycles. The molecule has 4 rings (SSSR count). The summed E-state index contributed by atoms with van der Waals surface area (Å²) in [6, 6.07) is 3.82. The highest BCUT2D eigenvalue weighted by Gasteiger charge is 2.30. The van der Waals surface area contributed by atoms with Crippen LogP contribution >= 0.6 is 0 Å². The molecule has 22 heavy (non-hydrogen) atoms. The summed E-state index contributed by atoms with van der Waals surface area (Å²) in [5.41, 5.74) is 0. The molecule has 1 aliphatic heterocycles. The maximum atomic E-state index is 6.00. The SMILES string of the molecule is Cn1nc(C2CC2)nc1CN1CC[C@@H](Oc2ccncc2)C1. The molecule has 0 bridgehead atoms. The van der Waals surface area contributed by atoms with Crippen molar-refractivity contribution in [2.24, 2.45) is 7.05 Å². The van der Waals surface area contributed by atoms with Crippen LogP contribution in [0.3, 0.4) is 0 Å². The van der Waals surface area contributed by atoms with Crippen LogP contribution < -0.4 is 4.74 Å². The highest BCUT2D eigenvalue weighted by Crippen LogP contribution is 2.38. The van der Waals surface area contributed by atoms with Gasteiger partial charge < -0.3 is 4.74 Å². The smallest absolute Gasteiger partial charge is 0.154 e. The van der Waals surface area contributed by atoms with E-state index >= 15 is 0 Å². The van der Waals surface area contributed by atoms with E-state index in [1.165, 1.54) is 12.8 Å². The molecule has 6 nitrogen and oxygen atoms in total. The Hall–Kier alpha value is -1.95. The molecule has 6 heteroatoms. The Morgan fingerprint density at radius 1 is 1.23 bits per heavy atom. The van der Waals surface area contributed by atoms with E-state index in [0.29, 0.717) is 5.92 Å². The number of aryl methyl sites for hydroxylation is 1. The molecule has 0 spiro atoms. The zero-order valence-electron chi connectivity index (χ0n) is 12.9. The van der Waals surface area contributed by atoms with E-state index in [1.807, 2.05) is 23.9 Å². The van der Waals surface area contributed by atoms with E-state index in [9.17, 15) is 0 Å². The monoisotopic (exact) mass is 299 g/mol. The van der Waals surface area contributed by atoms with Gasteiger partial charge >= 0.3 is 0 Å². The quantitative estimate of drug-likeness (QED) is 0.842. The molecule has 2 aromatic heterocycles. The molecular formula is C16H21N5O. The summed E-state index contributed by atoms with van der Waals surface area (Å²) in [6.07, 6.45) is 7.32. The van der Waals surface area contributed by atoms with Crippen molar-refractivity contribution >= 4 is 0 Å². The summed E-state index contributed by atoms with van der Waals surface area (Å²) in [5.74, 6) is 3.60. The first-order chi connectivity index (χ1) is 10.8. The second-order valence-corrected chi connectivity index (χ2v) is 6.23. The molecule has 0 amide bonds. The van der Waals surface area contributed by atoms with Crippen molar-refractivity contribution in [3.8, 4) is 5.75 Å². The van der Waals surface area contributed by atoms with Gasteiger partial charge in [0.15, 0.2) is 5.82 Å². The topological polar surface area (TPSA) is 56.1 Å². The summed E-state index contributed by atoms with van der Waals surface area (Å²) < 4.78 is 7.94. The lowest BCUT2D eigenvalue weighted by Crippen LogP contribution is -2.25. The third kappa shape index (κ3) is 2.97. The van der Waals surface area contributed by atoms with Gasteiger partial charge in [0.1, 0.15) is 17.7 Å². The number of rotatable bonds is 5. The first-order valence-electron chi connectivity index (χ1n) is 7.97. The maximum absolute atomic E-state index is 6.00. The molecule has 116 valence electrons. The minimum Gasteiger partial charge on any atom is -0.489 e. The van der Waals surface area contributed by atoms with Crippen LogP contribution in [0.5, 0.6) is 5.75 Å². The fraction of sp³-hybridized carbons (Fsp3) is 0.562. The molecular weight excluding hydrogens is 278 g/mol. The molecule has 3 heterocycles. The third-order valence-corrected chi connectivity index (χ3v) is 4.36. The van der Waals surface area contributed by atoms with Crippen LogP contribution in [0.2, 0.25) is 0 Å². The van der Waals surface area contributed by atoms with Gasteiger partial charge in [0.2, 0.25) is 0 Å². The minimum absolute atomic E-state index is 0.249. The number of hydrogen-bond donors (Lipinski definition) is 0. The molecule has 1 atom stereocenters. The average Bonchev–Trinajstić information content (AvgIpc) is 3.19. The summed E-state index contributed by atoms with van der Waals surface area (Å²) >= 11 is 0. The number of pyridine rings is 1. The van der Waals surface area contributed by atoms with Crippen LogP contribution in [-0.4, -0.2) is 43.8 Å². The lowest BCUT2D eigenvalue weighted by Gasteiger charge is -2.16. The Balaban J connectivity index is 1.35. The predicted octanol–water partition coefficient (Wildman–Crippen LogP) is 1.74. The second kappa shape index (κ2) is 5.68. The van der Waals surface area contributed by atoms with E-state index < -0.39 is 0 Å². The summed E-state index contributed by atoms with van der Waals surface area (Å²) in [5, 5.41) is 4.54. The van der Waals surface area contributed by atoms with Crippen molar-refractivity contribution in [2.45, 2.75) is 37.8 Å². The van der Waals surface area contributed by atoms with E-state index in [4.69, 9.17) is 9.72 Å². The van der Waals surface area contributed by atoms with Crippen molar-refractivity contribution in [3.05, 3.63) is 36.2 Å². The van der Waals surface area contributed by atoms with Gasteiger partial charge in [-0.05, 0) is 31.4 Å². The highest BCUT2D eigenvalue weighted by atomic mass is 16.5. The second-order valence-electron chi connectivity index (χ2n) is 6.23. The van der Waals surface area contributed by atoms with E-state index in [0.717, 1.165) is 43.5 Å². The Kier molecular flexibility index (Phi) is 3.54. The molecule has 0 aromatic carbocycles. The van der Waals surface area contributed by atoms with Crippen molar-refractivity contribution in [1.29, 1.82) is 0 Å². The fourth-order valence-electron chi connectivity index (χ4n) is 2.94. The molecule has 0 unspecified atom stereocenters. The molecule has 1 aliphatic carbocycles. The Morgan fingerprint density at radius 2 is 2.05 bits per heavy atom. The third-order valence-electron chi connectivity index (χ3n) is 4.36. The normalized spacial score (nSPS) is 22.1. The lowest BCUT2D eigenvalue weighted by molar-refractivity contribution is 0.196. The Morgan fingerprint density at radius 3 is 2.82 bits per heavy atom. The highest BCUT2D eigenvalue weighted by molar-refractivity contribution is 5.17. The van der Waals surface area contributed by atoms with Gasteiger partial charge in [0.05, 0.1) is 6.54 Å². The molecule has 0 radical (unpaired) electrons. The van der Waals surface area contributed by atoms with Crippen LogP contribution in [0, 0.1) is 0 Å². The minimum atomic E-state index is 0.249. The van der Waals surface area contributed by atoms with Gasteiger partial charge in [-0.3, -0.25) is 14.6 Å². The number of likely N-dealkylation sites (tertiary alicyclic amines) is 1. The predicted molar refractivity (Wildman–Crippen MR) is 81.5 cm³/mol. The molecule has 2 fully saturated rings. The van der Waals surface area contributed by atoms with Crippen LogP contribution in [0.15, 0.2) is 24.5 Å². The molecule has 1 saturated heterocycles. The van der Waals surface area contributed by atoms with Gasteiger partial charge in [0, 0.05) is 38.4 Å². The average molecular weight is 299 g/mol. The number of hydrogen-bond acceptors (Lipinski definition) is 5. The summed E-state index contributed by atoms with van der Waals surface area (Å²) in [7, 11) is 2.00. The van der Waals surface area contributed by atoms with Crippen LogP contribution in [0.25, 0.3) is 0 Å². The maximum Gasteiger partial charge on any atom is 0.154 e. The number of ether oxygens (including phenoxy) is 1. The van der Waals surface area contributed by atoms with E-state index in [2.05, 4.69) is 15.0 Å². The molecule has 2 aliphatic rings. The largest absolute Gasteiger partial charge is 0.489 e. The summed E-state index contributed by atoms with van der Waals surface area (Å²) in [6.45, 7) is 2.84. The zero-order chi connectivity index (χ0) is 14.9. The van der Waals surface area contributed by atoms with Crippen molar-refractivity contribution < 1.29 is 4.74 Å². The van der Waals surface area contributed by atoms with Gasteiger partial charge in [-0.25, -0.2) is 4.98 Å². The van der Waals surface area contributed by atoms with Crippen molar-refractivity contribution in [1.82, 2.24) is 24.6 Å². The van der Waals surface area contributed by atoms with Crippen LogP contribution in [0.4, 0.5) is 0 Å². The van der Waals surface area contributed by atoms with Crippen LogP contribution in [-0.2, 0) is 13.6 Å². The fourth-order valence-corrected chi connectivity index (χ4v) is 2.94. The number of nitrogens with zero attached hydrogens (tertiary/aromatic N) is 5. The Labute approximate surface area is 130 Å². The van der Waals surface area contributed by atoms with Crippen molar-refractivity contribution in [2.75, 3.05) is 13.1 Å². The standard InChI is InChI=1S/C16H21N5O/c1-20-15(18-16(19-20)12-2-3-12)11-21-9-6-14(10-21)22-13-4-7-17-8-5-13/h4-5,7-8,12,14H,2-3,6,9-11H2,1H3/t14-/m1/s1. The van der Waals surface area contributed by atoms with Gasteiger partial charge in [-0.2, -0.15) is 5.10 Å². The van der Waals surface area contributed by atoms with Crippen LogP contribution in [0.1, 0.15) is 36.8 Å². The Bertz CT molecular complexity index is 637. The summed E-state index contributed by atoms with van der Waals surface area (Å²) in [4.78, 5) is 11.1. The van der Waals surface area contributed by atoms with Gasteiger partial charge in [-0.1, -0.05) is 0 Å². The van der Waals surface area contributed by atoms with Gasteiger partial charge in [-0.15, -0.1) is 0 Å².